The summed E-state index contributed by atoms with van der Waals surface area (Å²) in [5.74, 6) is -0.752. The number of benzene rings is 1. The molecule has 1 aliphatic rings. The molecule has 96 valence electrons. The van der Waals surface area contributed by atoms with E-state index in [0.717, 1.165) is 5.56 Å². The largest absolute Gasteiger partial charge is 0.294 e. The molecule has 19 heavy (non-hydrogen) atoms. The van der Waals surface area contributed by atoms with Crippen LogP contribution in [0.15, 0.2) is 28.9 Å². The van der Waals surface area contributed by atoms with Gasteiger partial charge in [0.2, 0.25) is 0 Å². The number of amides is 2. The summed E-state index contributed by atoms with van der Waals surface area (Å²) in [5.41, 5.74) is 4.42. The van der Waals surface area contributed by atoms with Gasteiger partial charge in [0.1, 0.15) is 5.69 Å². The Labute approximate surface area is 108 Å². The van der Waals surface area contributed by atoms with Crippen molar-refractivity contribution in [1.29, 1.82) is 0 Å². The molecule has 0 saturated carbocycles. The Kier molecular flexibility index (Phi) is 2.52. The number of carbonyl (C=O) groups excluding carboxylic acids is 2. The minimum Gasteiger partial charge on any atom is -0.267 e. The van der Waals surface area contributed by atoms with Crippen molar-refractivity contribution >= 4 is 11.8 Å². The van der Waals surface area contributed by atoms with Crippen molar-refractivity contribution < 1.29 is 14.2 Å². The number of aromatic nitrogens is 2. The summed E-state index contributed by atoms with van der Waals surface area (Å²) in [7, 11) is 0. The Morgan fingerprint density at radius 3 is 2.84 bits per heavy atom. The Morgan fingerprint density at radius 2 is 2.16 bits per heavy atom. The predicted octanol–water partition coefficient (Wildman–Crippen LogP) is 0.679. The Hall–Kier alpha value is -2.70. The van der Waals surface area contributed by atoms with Crippen LogP contribution in [0.3, 0.4) is 0 Å². The predicted molar refractivity (Wildman–Crippen MR) is 62.8 cm³/mol. The highest BCUT2D eigenvalue weighted by atomic mass is 16.6. The molecular formula is C12H10N4O3. The minimum atomic E-state index is -0.514. The van der Waals surface area contributed by atoms with E-state index in [2.05, 4.69) is 20.4 Å². The molecule has 0 aliphatic carbocycles. The van der Waals surface area contributed by atoms with E-state index in [1.54, 1.807) is 19.1 Å². The van der Waals surface area contributed by atoms with Gasteiger partial charge in [0.15, 0.2) is 5.69 Å². The molecule has 0 fully saturated rings. The van der Waals surface area contributed by atoms with Crippen LogP contribution in [-0.2, 0) is 6.54 Å². The molecule has 7 nitrogen and oxygen atoms in total. The lowest BCUT2D eigenvalue weighted by atomic mass is 10.1. The van der Waals surface area contributed by atoms with E-state index < -0.39 is 5.91 Å². The van der Waals surface area contributed by atoms with Gasteiger partial charge >= 0.3 is 0 Å². The molecule has 2 aromatic rings. The summed E-state index contributed by atoms with van der Waals surface area (Å²) in [6, 6.07) is 7.21. The summed E-state index contributed by atoms with van der Waals surface area (Å²) < 4.78 is 4.46. The summed E-state index contributed by atoms with van der Waals surface area (Å²) >= 11 is 0. The van der Waals surface area contributed by atoms with Crippen LogP contribution in [0.1, 0.15) is 32.1 Å². The highest BCUT2D eigenvalue weighted by molar-refractivity contribution is 6.01. The lowest BCUT2D eigenvalue weighted by Crippen LogP contribution is -2.42. The van der Waals surface area contributed by atoms with Crippen molar-refractivity contribution in [1.82, 2.24) is 20.7 Å². The van der Waals surface area contributed by atoms with Crippen molar-refractivity contribution in [3.05, 3.63) is 46.8 Å². The molecule has 2 heterocycles. The van der Waals surface area contributed by atoms with Gasteiger partial charge < -0.3 is 0 Å². The van der Waals surface area contributed by atoms with Crippen LogP contribution in [-0.4, -0.2) is 27.1 Å². The molecule has 0 radical (unpaired) electrons. The minimum absolute atomic E-state index is 0.0729. The maximum atomic E-state index is 12.0. The van der Waals surface area contributed by atoms with Crippen LogP contribution in [0, 0.1) is 6.92 Å². The van der Waals surface area contributed by atoms with Gasteiger partial charge in [-0.2, -0.15) is 0 Å². The average molecular weight is 258 g/mol. The molecule has 7 heteroatoms. The first-order chi connectivity index (χ1) is 9.16. The second-order valence-electron chi connectivity index (χ2n) is 4.19. The third-order valence-corrected chi connectivity index (χ3v) is 2.93. The first kappa shape index (κ1) is 11.4. The van der Waals surface area contributed by atoms with E-state index in [-0.39, 0.29) is 11.6 Å². The maximum absolute atomic E-state index is 12.0. The van der Waals surface area contributed by atoms with Gasteiger partial charge in [-0.25, -0.2) is 9.64 Å². The molecule has 1 aromatic carbocycles. The average Bonchev–Trinajstić information content (AvgIpc) is 2.95. The second kappa shape index (κ2) is 4.20. The SMILES string of the molecule is Cc1nonc1C(=O)NN1Cc2ccccc2C1=O. The van der Waals surface area contributed by atoms with Gasteiger partial charge in [-0.15, -0.1) is 0 Å². The third-order valence-electron chi connectivity index (χ3n) is 2.93. The summed E-state index contributed by atoms with van der Waals surface area (Å²) in [6.45, 7) is 1.94. The molecule has 2 amide bonds. The molecular weight excluding hydrogens is 248 g/mol. The topological polar surface area (TPSA) is 88.3 Å². The van der Waals surface area contributed by atoms with Crippen molar-refractivity contribution in [2.75, 3.05) is 0 Å². The lowest BCUT2D eigenvalue weighted by Gasteiger charge is -2.15. The fourth-order valence-corrected chi connectivity index (χ4v) is 1.96. The smallest absolute Gasteiger partial charge is 0.267 e. The normalized spacial score (nSPS) is 13.5. The van der Waals surface area contributed by atoms with E-state index >= 15 is 0 Å². The van der Waals surface area contributed by atoms with Crippen LogP contribution in [0.25, 0.3) is 0 Å². The highest BCUT2D eigenvalue weighted by Gasteiger charge is 2.29. The van der Waals surface area contributed by atoms with Crippen LogP contribution < -0.4 is 5.43 Å². The van der Waals surface area contributed by atoms with E-state index in [1.807, 2.05) is 12.1 Å². The molecule has 0 unspecified atom stereocenters. The van der Waals surface area contributed by atoms with Crippen molar-refractivity contribution in [2.24, 2.45) is 0 Å². The number of nitrogens with one attached hydrogen (secondary N) is 1. The quantitative estimate of drug-likeness (QED) is 0.855. The van der Waals surface area contributed by atoms with E-state index in [1.165, 1.54) is 5.01 Å². The number of aryl methyl sites for hydroxylation is 1. The van der Waals surface area contributed by atoms with Gasteiger partial charge in [-0.05, 0) is 23.7 Å². The van der Waals surface area contributed by atoms with Crippen molar-refractivity contribution in [2.45, 2.75) is 13.5 Å². The summed E-state index contributed by atoms with van der Waals surface area (Å²) in [4.78, 5) is 24.0. The van der Waals surface area contributed by atoms with Crippen LogP contribution in [0.5, 0.6) is 0 Å². The number of carbonyl (C=O) groups is 2. The zero-order valence-electron chi connectivity index (χ0n) is 10.1. The fraction of sp³-hybridized carbons (Fsp3) is 0.167. The van der Waals surface area contributed by atoms with Crippen LogP contribution in [0.4, 0.5) is 0 Å². The molecule has 1 N–H and O–H groups in total. The van der Waals surface area contributed by atoms with E-state index in [9.17, 15) is 9.59 Å². The first-order valence-corrected chi connectivity index (χ1v) is 5.66. The molecule has 1 aromatic heterocycles. The number of nitrogens with zero attached hydrogens (tertiary/aromatic N) is 3. The van der Waals surface area contributed by atoms with Crippen LogP contribution in [0.2, 0.25) is 0 Å². The van der Waals surface area contributed by atoms with Gasteiger partial charge in [0, 0.05) is 5.56 Å². The van der Waals surface area contributed by atoms with Gasteiger partial charge in [0.05, 0.1) is 6.54 Å². The van der Waals surface area contributed by atoms with Crippen molar-refractivity contribution in [3.63, 3.8) is 0 Å². The number of fused-ring (bicyclic) bond motifs is 1. The Bertz CT molecular complexity index is 664. The molecule has 3 rings (SSSR count). The fourth-order valence-electron chi connectivity index (χ4n) is 1.96. The highest BCUT2D eigenvalue weighted by Crippen LogP contribution is 2.20. The standard InChI is InChI=1S/C12H10N4O3/c1-7-10(15-19-14-7)11(17)13-16-6-8-4-2-3-5-9(8)12(16)18/h2-5H,6H2,1H3,(H,13,17). The maximum Gasteiger partial charge on any atom is 0.294 e. The third kappa shape index (κ3) is 1.85. The number of rotatable bonds is 2. The van der Waals surface area contributed by atoms with Gasteiger partial charge in [-0.1, -0.05) is 23.4 Å². The zero-order chi connectivity index (χ0) is 13.4. The lowest BCUT2D eigenvalue weighted by molar-refractivity contribution is 0.0598. The van der Waals surface area contributed by atoms with Gasteiger partial charge in [-0.3, -0.25) is 15.0 Å². The molecule has 0 bridgehead atoms. The van der Waals surface area contributed by atoms with E-state index in [4.69, 9.17) is 0 Å². The monoisotopic (exact) mass is 258 g/mol. The molecule has 0 atom stereocenters. The Balaban J connectivity index is 1.79. The molecule has 1 aliphatic heterocycles. The van der Waals surface area contributed by atoms with E-state index in [0.29, 0.717) is 17.8 Å². The number of hydrogen-bond donors (Lipinski definition) is 1. The molecule has 0 spiro atoms. The Morgan fingerprint density at radius 1 is 1.37 bits per heavy atom. The number of hydrogen-bond acceptors (Lipinski definition) is 5. The summed E-state index contributed by atoms with van der Waals surface area (Å²) in [6.07, 6.45) is 0. The summed E-state index contributed by atoms with van der Waals surface area (Å²) in [5, 5.41) is 8.27. The zero-order valence-corrected chi connectivity index (χ0v) is 10.1. The van der Waals surface area contributed by atoms with Crippen molar-refractivity contribution in [3.8, 4) is 0 Å². The second-order valence-corrected chi connectivity index (χ2v) is 4.19. The first-order valence-electron chi connectivity index (χ1n) is 5.66. The van der Waals surface area contributed by atoms with Crippen LogP contribution >= 0.6 is 0 Å². The van der Waals surface area contributed by atoms with Gasteiger partial charge in [0.25, 0.3) is 11.8 Å². The number of hydrazine groups is 1. The molecule has 0 saturated heterocycles.